The lowest BCUT2D eigenvalue weighted by Gasteiger charge is -2.30. The van der Waals surface area contributed by atoms with Gasteiger partial charge in [-0.2, -0.15) is 0 Å². The van der Waals surface area contributed by atoms with Crippen LogP contribution in [0.4, 0.5) is 0 Å². The van der Waals surface area contributed by atoms with E-state index in [2.05, 4.69) is 4.72 Å². The molecule has 1 saturated carbocycles. The zero-order valence-electron chi connectivity index (χ0n) is 13.8. The molecule has 0 radical (unpaired) electrons. The number of hydrogen-bond acceptors (Lipinski definition) is 4. The van der Waals surface area contributed by atoms with Crippen LogP contribution in [0.25, 0.3) is 0 Å². The van der Waals surface area contributed by atoms with Crippen molar-refractivity contribution < 1.29 is 23.1 Å². The molecule has 0 spiro atoms. The summed E-state index contributed by atoms with van der Waals surface area (Å²) in [6.45, 7) is 1.07. The summed E-state index contributed by atoms with van der Waals surface area (Å²) in [6.07, 6.45) is 3.27. The average molecular weight is 366 g/mol. The Balaban J connectivity index is 1.73. The van der Waals surface area contributed by atoms with Crippen molar-refractivity contribution in [2.75, 3.05) is 19.6 Å². The van der Waals surface area contributed by atoms with Gasteiger partial charge in [-0.15, -0.1) is 0 Å². The van der Waals surface area contributed by atoms with Gasteiger partial charge in [-0.05, 0) is 49.8 Å². The summed E-state index contributed by atoms with van der Waals surface area (Å²) in [5.74, 6) is -1.38. The maximum atomic E-state index is 12.6. The number of hydrogen-bond donors (Lipinski definition) is 2. The van der Waals surface area contributed by atoms with E-state index in [4.69, 9.17) is 5.11 Å². The summed E-state index contributed by atoms with van der Waals surface area (Å²) in [7, 11) is -3.64. The maximum Gasteiger partial charge on any atom is 0.308 e. The number of sulfonamides is 1. The number of rotatable bonds is 6. The molecule has 1 amide bonds. The van der Waals surface area contributed by atoms with Gasteiger partial charge in [0.1, 0.15) is 0 Å². The number of carbonyl (C=O) groups excluding carboxylic acids is 1. The highest BCUT2D eigenvalue weighted by Crippen LogP contribution is 2.28. The van der Waals surface area contributed by atoms with Crippen LogP contribution in [-0.2, 0) is 14.8 Å². The van der Waals surface area contributed by atoms with Gasteiger partial charge in [-0.25, -0.2) is 13.1 Å². The standard InChI is InChI=1S/C17H22N2O5S/c20-16(19-8-2-4-14(11-19)17(21)22)13-3-1-5-15(9-13)25(23,24)18-10-12-6-7-12/h1,3,5,9,12,14,18H,2,4,6-8,10-11H2,(H,21,22)/t14-/m0/s1. The molecule has 1 heterocycles. The minimum atomic E-state index is -3.64. The molecule has 25 heavy (non-hydrogen) atoms. The van der Waals surface area contributed by atoms with E-state index in [1.54, 1.807) is 6.07 Å². The van der Waals surface area contributed by atoms with Crippen LogP contribution in [0.1, 0.15) is 36.0 Å². The number of benzene rings is 1. The zero-order valence-corrected chi connectivity index (χ0v) is 14.7. The van der Waals surface area contributed by atoms with Crippen LogP contribution in [0.5, 0.6) is 0 Å². The molecule has 8 heteroatoms. The fourth-order valence-corrected chi connectivity index (χ4v) is 4.14. The van der Waals surface area contributed by atoms with Crippen LogP contribution in [0.2, 0.25) is 0 Å². The molecule has 3 rings (SSSR count). The number of nitrogens with one attached hydrogen (secondary N) is 1. The van der Waals surface area contributed by atoms with Gasteiger partial charge in [0.2, 0.25) is 10.0 Å². The minimum absolute atomic E-state index is 0.0609. The maximum absolute atomic E-state index is 12.6. The van der Waals surface area contributed by atoms with Crippen molar-refractivity contribution in [2.24, 2.45) is 11.8 Å². The first-order chi connectivity index (χ1) is 11.9. The highest BCUT2D eigenvalue weighted by Gasteiger charge is 2.29. The van der Waals surface area contributed by atoms with Crippen LogP contribution in [0.3, 0.4) is 0 Å². The normalized spacial score (nSPS) is 21.1. The van der Waals surface area contributed by atoms with Gasteiger partial charge in [0, 0.05) is 25.2 Å². The number of aliphatic carboxylic acids is 1. The fourth-order valence-electron chi connectivity index (χ4n) is 2.97. The molecule has 1 atom stereocenters. The molecule has 2 aliphatic rings. The van der Waals surface area contributed by atoms with Crippen LogP contribution in [-0.4, -0.2) is 49.9 Å². The SMILES string of the molecule is O=C(O)[C@H]1CCCN(C(=O)c2cccc(S(=O)(=O)NCC3CC3)c2)C1. The fraction of sp³-hybridized carbons (Fsp3) is 0.529. The van der Waals surface area contributed by atoms with E-state index in [0.717, 1.165) is 12.8 Å². The molecular weight excluding hydrogens is 344 g/mol. The minimum Gasteiger partial charge on any atom is -0.481 e. The topological polar surface area (TPSA) is 104 Å². The van der Waals surface area contributed by atoms with Gasteiger partial charge in [-0.1, -0.05) is 6.07 Å². The van der Waals surface area contributed by atoms with E-state index >= 15 is 0 Å². The summed E-state index contributed by atoms with van der Waals surface area (Å²) in [5.41, 5.74) is 0.264. The smallest absolute Gasteiger partial charge is 0.308 e. The van der Waals surface area contributed by atoms with Crippen LogP contribution in [0, 0.1) is 11.8 Å². The van der Waals surface area contributed by atoms with E-state index in [9.17, 15) is 18.0 Å². The zero-order chi connectivity index (χ0) is 18.0. The summed E-state index contributed by atoms with van der Waals surface area (Å²) < 4.78 is 27.3. The second-order valence-corrected chi connectivity index (χ2v) is 8.52. The lowest BCUT2D eigenvalue weighted by atomic mass is 9.97. The molecule has 1 aromatic carbocycles. The molecule has 7 nitrogen and oxygen atoms in total. The van der Waals surface area contributed by atoms with Crippen LogP contribution in [0.15, 0.2) is 29.2 Å². The number of likely N-dealkylation sites (tertiary alicyclic amines) is 1. The predicted octanol–water partition coefficient (Wildman–Crippen LogP) is 1.31. The lowest BCUT2D eigenvalue weighted by molar-refractivity contribution is -0.143. The van der Waals surface area contributed by atoms with Crippen molar-refractivity contribution in [3.63, 3.8) is 0 Å². The Morgan fingerprint density at radius 3 is 2.68 bits per heavy atom. The van der Waals surface area contributed by atoms with Gasteiger partial charge >= 0.3 is 5.97 Å². The Bertz CT molecular complexity index is 773. The predicted molar refractivity (Wildman–Crippen MR) is 90.6 cm³/mol. The van der Waals surface area contributed by atoms with Gasteiger partial charge in [0.25, 0.3) is 5.91 Å². The first-order valence-electron chi connectivity index (χ1n) is 8.48. The number of amides is 1. The summed E-state index contributed by atoms with van der Waals surface area (Å²) in [4.78, 5) is 25.3. The highest BCUT2D eigenvalue weighted by molar-refractivity contribution is 7.89. The molecule has 2 fully saturated rings. The van der Waals surface area contributed by atoms with Crippen molar-refractivity contribution in [1.82, 2.24) is 9.62 Å². The molecule has 0 unspecified atom stereocenters. The summed E-state index contributed by atoms with van der Waals surface area (Å²) in [5, 5.41) is 9.14. The second-order valence-electron chi connectivity index (χ2n) is 6.75. The molecule has 1 aliphatic heterocycles. The van der Waals surface area contributed by atoms with E-state index in [-0.39, 0.29) is 22.9 Å². The lowest BCUT2D eigenvalue weighted by Crippen LogP contribution is -2.42. The van der Waals surface area contributed by atoms with Crippen molar-refractivity contribution in [1.29, 1.82) is 0 Å². The Kier molecular flexibility index (Phi) is 5.10. The van der Waals surface area contributed by atoms with Gasteiger partial charge < -0.3 is 10.0 Å². The highest BCUT2D eigenvalue weighted by atomic mass is 32.2. The number of carboxylic acids is 1. The Morgan fingerprint density at radius 1 is 1.24 bits per heavy atom. The van der Waals surface area contributed by atoms with Gasteiger partial charge in [0.05, 0.1) is 10.8 Å². The number of piperidine rings is 1. The van der Waals surface area contributed by atoms with Crippen molar-refractivity contribution in [3.8, 4) is 0 Å². The molecule has 136 valence electrons. The second kappa shape index (κ2) is 7.13. The van der Waals surface area contributed by atoms with E-state index in [0.29, 0.717) is 31.8 Å². The number of carbonyl (C=O) groups is 2. The van der Waals surface area contributed by atoms with E-state index in [1.807, 2.05) is 0 Å². The quantitative estimate of drug-likeness (QED) is 0.790. The monoisotopic (exact) mass is 366 g/mol. The van der Waals surface area contributed by atoms with E-state index in [1.165, 1.54) is 23.1 Å². The Hall–Kier alpha value is -1.93. The molecule has 0 aromatic heterocycles. The molecule has 1 aliphatic carbocycles. The molecule has 2 N–H and O–H groups in total. The number of nitrogens with zero attached hydrogens (tertiary/aromatic N) is 1. The van der Waals surface area contributed by atoms with Crippen molar-refractivity contribution in [3.05, 3.63) is 29.8 Å². The molecule has 1 saturated heterocycles. The third-order valence-corrected chi connectivity index (χ3v) is 6.13. The van der Waals surface area contributed by atoms with Crippen LogP contribution < -0.4 is 4.72 Å². The number of carboxylic acid groups (broad SMARTS) is 1. The Labute approximate surface area is 147 Å². The third kappa shape index (κ3) is 4.38. The van der Waals surface area contributed by atoms with Crippen molar-refractivity contribution in [2.45, 2.75) is 30.6 Å². The van der Waals surface area contributed by atoms with Gasteiger partial charge in [-0.3, -0.25) is 9.59 Å². The van der Waals surface area contributed by atoms with E-state index < -0.39 is 21.9 Å². The first-order valence-corrected chi connectivity index (χ1v) is 9.97. The first kappa shape index (κ1) is 17.9. The molecular formula is C17H22N2O5S. The van der Waals surface area contributed by atoms with Crippen molar-refractivity contribution >= 4 is 21.9 Å². The van der Waals surface area contributed by atoms with Gasteiger partial charge in [0.15, 0.2) is 0 Å². The molecule has 1 aromatic rings. The summed E-state index contributed by atoms with van der Waals surface area (Å²) >= 11 is 0. The average Bonchev–Trinajstić information content (AvgIpc) is 3.44. The van der Waals surface area contributed by atoms with Crippen LogP contribution >= 0.6 is 0 Å². The third-order valence-electron chi connectivity index (χ3n) is 4.71. The molecule has 0 bridgehead atoms. The summed E-state index contributed by atoms with van der Waals surface area (Å²) in [6, 6.07) is 5.92. The Morgan fingerprint density at radius 2 is 2.00 bits per heavy atom. The largest absolute Gasteiger partial charge is 0.481 e.